The standard InChI is InChI=1S/C11H19N5O/c1-7(10(17)16-11(2,3)4)15-9-6-13-8(12)5-14-9/h5-7H,1-4H3,(H2,12,13)(H,14,15)(H,16,17). The number of aromatic nitrogens is 2. The summed E-state index contributed by atoms with van der Waals surface area (Å²) >= 11 is 0. The van der Waals surface area contributed by atoms with Gasteiger partial charge < -0.3 is 16.4 Å². The van der Waals surface area contributed by atoms with Gasteiger partial charge in [-0.3, -0.25) is 4.79 Å². The van der Waals surface area contributed by atoms with Gasteiger partial charge in [-0.1, -0.05) is 0 Å². The summed E-state index contributed by atoms with van der Waals surface area (Å²) in [6.45, 7) is 7.56. The van der Waals surface area contributed by atoms with E-state index in [1.165, 1.54) is 12.4 Å². The van der Waals surface area contributed by atoms with Crippen LogP contribution < -0.4 is 16.4 Å². The Morgan fingerprint density at radius 3 is 2.47 bits per heavy atom. The van der Waals surface area contributed by atoms with Crippen LogP contribution in [0.5, 0.6) is 0 Å². The number of nitrogens with one attached hydrogen (secondary N) is 2. The fraction of sp³-hybridized carbons (Fsp3) is 0.545. The minimum atomic E-state index is -0.382. The second kappa shape index (κ2) is 4.99. The fourth-order valence-electron chi connectivity index (χ4n) is 1.18. The van der Waals surface area contributed by atoms with Gasteiger partial charge in [-0.05, 0) is 27.7 Å². The second-order valence-corrected chi connectivity index (χ2v) is 4.93. The molecule has 0 aliphatic carbocycles. The van der Waals surface area contributed by atoms with Crippen molar-refractivity contribution >= 4 is 17.5 Å². The predicted octanol–water partition coefficient (Wildman–Crippen LogP) is 0.774. The number of nitrogens with zero attached hydrogens (tertiary/aromatic N) is 2. The Hall–Kier alpha value is -1.85. The maximum absolute atomic E-state index is 11.8. The molecular formula is C11H19N5O. The third-order valence-electron chi connectivity index (χ3n) is 1.93. The molecule has 0 aliphatic heterocycles. The number of hydrogen-bond donors (Lipinski definition) is 3. The van der Waals surface area contributed by atoms with Crippen molar-refractivity contribution in [1.29, 1.82) is 0 Å². The zero-order chi connectivity index (χ0) is 13.1. The molecule has 0 saturated carbocycles. The van der Waals surface area contributed by atoms with Crippen molar-refractivity contribution < 1.29 is 4.79 Å². The van der Waals surface area contributed by atoms with Gasteiger partial charge in [0.15, 0.2) is 0 Å². The summed E-state index contributed by atoms with van der Waals surface area (Å²) in [6.07, 6.45) is 2.94. The number of carbonyl (C=O) groups excluding carboxylic acids is 1. The molecule has 0 aliphatic rings. The molecule has 0 saturated heterocycles. The van der Waals surface area contributed by atoms with Crippen LogP contribution >= 0.6 is 0 Å². The zero-order valence-electron chi connectivity index (χ0n) is 10.6. The van der Waals surface area contributed by atoms with E-state index >= 15 is 0 Å². The molecule has 6 heteroatoms. The van der Waals surface area contributed by atoms with Crippen LogP contribution in [0.2, 0.25) is 0 Å². The molecule has 1 unspecified atom stereocenters. The van der Waals surface area contributed by atoms with Gasteiger partial charge in [0.25, 0.3) is 0 Å². The molecule has 6 nitrogen and oxygen atoms in total. The smallest absolute Gasteiger partial charge is 0.242 e. The predicted molar refractivity (Wildman–Crippen MR) is 67.4 cm³/mol. The van der Waals surface area contributed by atoms with Crippen LogP contribution in [-0.4, -0.2) is 27.5 Å². The topological polar surface area (TPSA) is 92.9 Å². The first-order valence-electron chi connectivity index (χ1n) is 5.44. The third kappa shape index (κ3) is 4.67. The largest absolute Gasteiger partial charge is 0.382 e. The van der Waals surface area contributed by atoms with E-state index in [9.17, 15) is 4.79 Å². The quantitative estimate of drug-likeness (QED) is 0.722. The van der Waals surface area contributed by atoms with E-state index in [4.69, 9.17) is 5.73 Å². The number of nitrogen functional groups attached to an aromatic ring is 1. The fourth-order valence-corrected chi connectivity index (χ4v) is 1.18. The number of anilines is 2. The molecule has 1 aromatic heterocycles. The van der Waals surface area contributed by atoms with Crippen molar-refractivity contribution in [1.82, 2.24) is 15.3 Å². The van der Waals surface area contributed by atoms with Crippen LogP contribution in [0.15, 0.2) is 12.4 Å². The molecule has 0 aromatic carbocycles. The normalized spacial score (nSPS) is 12.9. The highest BCUT2D eigenvalue weighted by Gasteiger charge is 2.19. The van der Waals surface area contributed by atoms with Crippen LogP contribution in [0.3, 0.4) is 0 Å². The molecule has 1 heterocycles. The van der Waals surface area contributed by atoms with E-state index < -0.39 is 0 Å². The van der Waals surface area contributed by atoms with E-state index in [0.717, 1.165) is 0 Å². The average molecular weight is 237 g/mol. The summed E-state index contributed by atoms with van der Waals surface area (Å²) in [6, 6.07) is -0.382. The first kappa shape index (κ1) is 13.2. The van der Waals surface area contributed by atoms with Crippen LogP contribution in [-0.2, 0) is 4.79 Å². The lowest BCUT2D eigenvalue weighted by Gasteiger charge is -2.23. The molecule has 1 aromatic rings. The average Bonchev–Trinajstić information content (AvgIpc) is 2.19. The number of carbonyl (C=O) groups is 1. The molecular weight excluding hydrogens is 218 g/mol. The van der Waals surface area contributed by atoms with Crippen LogP contribution in [0.1, 0.15) is 27.7 Å². The van der Waals surface area contributed by atoms with Gasteiger partial charge >= 0.3 is 0 Å². The maximum atomic E-state index is 11.8. The van der Waals surface area contributed by atoms with Gasteiger partial charge in [0.1, 0.15) is 17.7 Å². The highest BCUT2D eigenvalue weighted by molar-refractivity contribution is 5.84. The Labute approximate surface area is 101 Å². The van der Waals surface area contributed by atoms with Gasteiger partial charge in [0.2, 0.25) is 5.91 Å². The molecule has 17 heavy (non-hydrogen) atoms. The molecule has 94 valence electrons. The summed E-state index contributed by atoms with van der Waals surface area (Å²) in [5.41, 5.74) is 5.17. The number of rotatable bonds is 3. The van der Waals surface area contributed by atoms with Crippen molar-refractivity contribution in [2.45, 2.75) is 39.3 Å². The van der Waals surface area contributed by atoms with E-state index in [2.05, 4.69) is 20.6 Å². The number of amides is 1. The molecule has 0 bridgehead atoms. The van der Waals surface area contributed by atoms with Gasteiger partial charge in [-0.2, -0.15) is 0 Å². The van der Waals surface area contributed by atoms with Crippen molar-refractivity contribution in [3.63, 3.8) is 0 Å². The summed E-state index contributed by atoms with van der Waals surface area (Å²) < 4.78 is 0. The molecule has 1 amide bonds. The van der Waals surface area contributed by atoms with Crippen molar-refractivity contribution in [3.8, 4) is 0 Å². The van der Waals surface area contributed by atoms with Gasteiger partial charge in [-0.15, -0.1) is 0 Å². The van der Waals surface area contributed by atoms with Gasteiger partial charge in [0.05, 0.1) is 12.4 Å². The Kier molecular flexibility index (Phi) is 3.88. The van der Waals surface area contributed by atoms with Crippen molar-refractivity contribution in [2.75, 3.05) is 11.1 Å². The van der Waals surface area contributed by atoms with Crippen LogP contribution in [0.4, 0.5) is 11.6 Å². The van der Waals surface area contributed by atoms with Gasteiger partial charge in [0, 0.05) is 5.54 Å². The van der Waals surface area contributed by atoms with Crippen molar-refractivity contribution in [3.05, 3.63) is 12.4 Å². The van der Waals surface area contributed by atoms with Crippen LogP contribution in [0, 0.1) is 0 Å². The van der Waals surface area contributed by atoms with Crippen molar-refractivity contribution in [2.24, 2.45) is 0 Å². The highest BCUT2D eigenvalue weighted by Crippen LogP contribution is 2.05. The highest BCUT2D eigenvalue weighted by atomic mass is 16.2. The number of nitrogens with two attached hydrogens (primary N) is 1. The second-order valence-electron chi connectivity index (χ2n) is 4.93. The van der Waals surface area contributed by atoms with E-state index in [1.54, 1.807) is 6.92 Å². The van der Waals surface area contributed by atoms with E-state index in [0.29, 0.717) is 11.6 Å². The molecule has 4 N–H and O–H groups in total. The maximum Gasteiger partial charge on any atom is 0.242 e. The number of hydrogen-bond acceptors (Lipinski definition) is 5. The summed E-state index contributed by atoms with van der Waals surface area (Å²) in [5, 5.41) is 5.83. The van der Waals surface area contributed by atoms with E-state index in [-0.39, 0.29) is 17.5 Å². The molecule has 0 spiro atoms. The Morgan fingerprint density at radius 2 is 2.00 bits per heavy atom. The first-order chi connectivity index (χ1) is 7.78. The Morgan fingerprint density at radius 1 is 1.35 bits per heavy atom. The Balaban J connectivity index is 2.57. The lowest BCUT2D eigenvalue weighted by Crippen LogP contribution is -2.47. The molecule has 0 radical (unpaired) electrons. The zero-order valence-corrected chi connectivity index (χ0v) is 10.6. The lowest BCUT2D eigenvalue weighted by atomic mass is 10.1. The monoisotopic (exact) mass is 237 g/mol. The summed E-state index contributed by atoms with van der Waals surface area (Å²) in [5.74, 6) is 0.786. The molecule has 1 atom stereocenters. The van der Waals surface area contributed by atoms with E-state index in [1.807, 2.05) is 20.8 Å². The van der Waals surface area contributed by atoms with Gasteiger partial charge in [-0.25, -0.2) is 9.97 Å². The summed E-state index contributed by atoms with van der Waals surface area (Å²) in [4.78, 5) is 19.7. The third-order valence-corrected chi connectivity index (χ3v) is 1.93. The summed E-state index contributed by atoms with van der Waals surface area (Å²) in [7, 11) is 0. The minimum absolute atomic E-state index is 0.0869. The SMILES string of the molecule is CC(Nc1cnc(N)cn1)C(=O)NC(C)(C)C. The minimum Gasteiger partial charge on any atom is -0.382 e. The lowest BCUT2D eigenvalue weighted by molar-refractivity contribution is -0.122. The molecule has 0 fully saturated rings. The van der Waals surface area contributed by atoms with Crippen LogP contribution in [0.25, 0.3) is 0 Å². The molecule has 1 rings (SSSR count). The Bertz CT molecular complexity index is 382. The first-order valence-corrected chi connectivity index (χ1v) is 5.44.